The van der Waals surface area contributed by atoms with Crippen LogP contribution in [0.5, 0.6) is 23.3 Å². The summed E-state index contributed by atoms with van der Waals surface area (Å²) in [6.07, 6.45) is -1.95. The highest BCUT2D eigenvalue weighted by molar-refractivity contribution is 5.45. The van der Waals surface area contributed by atoms with Crippen LogP contribution < -0.4 is 23.8 Å². The van der Waals surface area contributed by atoms with Gasteiger partial charge in [-0.05, 0) is 35.4 Å². The Balaban J connectivity index is 2.00. The second-order valence-corrected chi connectivity index (χ2v) is 7.53. The molecule has 0 saturated heterocycles. The molecule has 0 amide bonds. The van der Waals surface area contributed by atoms with Gasteiger partial charge in [0.05, 0.1) is 34.0 Å². The first-order chi connectivity index (χ1) is 16.5. The zero-order chi connectivity index (χ0) is 24.5. The van der Waals surface area contributed by atoms with Gasteiger partial charge in [-0.25, -0.2) is 8.78 Å². The van der Waals surface area contributed by atoms with Crippen molar-refractivity contribution in [2.24, 2.45) is 0 Å². The van der Waals surface area contributed by atoms with Gasteiger partial charge in [-0.3, -0.25) is 0 Å². The Bertz CT molecular complexity index is 975. The van der Waals surface area contributed by atoms with Gasteiger partial charge < -0.3 is 23.8 Å². The molecule has 0 aliphatic carbocycles. The van der Waals surface area contributed by atoms with Crippen molar-refractivity contribution in [3.63, 3.8) is 0 Å². The standard InChI is InChI=1S/C25H29F2N3O4/c1-31-20-9-5-17(6-10-20)15-30(16-18-7-11-21(32-2)12-8-18)25-28-23(33-3)22(13-19(27)14-26)24(29-25)34-4/h5-12,19H,13-16H2,1-4H3. The van der Waals surface area contributed by atoms with E-state index < -0.39 is 12.8 Å². The van der Waals surface area contributed by atoms with E-state index in [0.717, 1.165) is 22.6 Å². The third-order valence-electron chi connectivity index (χ3n) is 5.25. The van der Waals surface area contributed by atoms with E-state index in [2.05, 4.69) is 9.97 Å². The van der Waals surface area contributed by atoms with E-state index in [1.54, 1.807) is 14.2 Å². The van der Waals surface area contributed by atoms with Gasteiger partial charge in [0.2, 0.25) is 17.7 Å². The first-order valence-electron chi connectivity index (χ1n) is 10.7. The van der Waals surface area contributed by atoms with Crippen molar-refractivity contribution in [1.82, 2.24) is 9.97 Å². The van der Waals surface area contributed by atoms with E-state index in [1.165, 1.54) is 14.2 Å². The Morgan fingerprint density at radius 2 is 1.18 bits per heavy atom. The topological polar surface area (TPSA) is 65.9 Å². The van der Waals surface area contributed by atoms with E-state index in [1.807, 2.05) is 53.4 Å². The lowest BCUT2D eigenvalue weighted by Crippen LogP contribution is -2.25. The maximum atomic E-state index is 13.8. The molecule has 3 aromatic rings. The number of hydrogen-bond acceptors (Lipinski definition) is 7. The van der Waals surface area contributed by atoms with Gasteiger partial charge in [0, 0.05) is 19.5 Å². The van der Waals surface area contributed by atoms with Crippen LogP contribution in [-0.2, 0) is 19.5 Å². The summed E-state index contributed by atoms with van der Waals surface area (Å²) in [5.41, 5.74) is 2.29. The molecule has 34 heavy (non-hydrogen) atoms. The number of nitrogens with zero attached hydrogens (tertiary/aromatic N) is 3. The summed E-state index contributed by atoms with van der Waals surface area (Å²) in [6, 6.07) is 15.3. The van der Waals surface area contributed by atoms with Crippen molar-refractivity contribution >= 4 is 5.95 Å². The molecule has 0 fully saturated rings. The lowest BCUT2D eigenvalue weighted by atomic mass is 10.1. The smallest absolute Gasteiger partial charge is 0.232 e. The number of hydrogen-bond donors (Lipinski definition) is 0. The number of aromatic nitrogens is 2. The third-order valence-corrected chi connectivity index (χ3v) is 5.25. The first-order valence-corrected chi connectivity index (χ1v) is 10.7. The van der Waals surface area contributed by atoms with Crippen LogP contribution in [0.4, 0.5) is 14.7 Å². The minimum absolute atomic E-state index is 0.146. The van der Waals surface area contributed by atoms with Crippen LogP contribution in [0.2, 0.25) is 0 Å². The fourth-order valence-corrected chi connectivity index (χ4v) is 3.46. The second-order valence-electron chi connectivity index (χ2n) is 7.53. The molecule has 0 spiro atoms. The molecule has 0 N–H and O–H groups in total. The Labute approximate surface area is 198 Å². The summed E-state index contributed by atoms with van der Waals surface area (Å²) in [6.45, 7) is -0.176. The van der Waals surface area contributed by atoms with Crippen molar-refractivity contribution in [2.75, 3.05) is 40.0 Å². The predicted octanol–water partition coefficient (Wildman–Crippen LogP) is 4.57. The highest BCUT2D eigenvalue weighted by atomic mass is 19.2. The van der Waals surface area contributed by atoms with Crippen molar-refractivity contribution < 1.29 is 27.7 Å². The van der Waals surface area contributed by atoms with Gasteiger partial charge in [-0.1, -0.05) is 24.3 Å². The SMILES string of the molecule is COc1ccc(CN(Cc2ccc(OC)cc2)c2nc(OC)c(CC(F)CF)c(OC)n2)cc1. The van der Waals surface area contributed by atoms with Crippen LogP contribution in [-0.4, -0.2) is 51.3 Å². The Kier molecular flexibility index (Phi) is 8.84. The summed E-state index contributed by atoms with van der Waals surface area (Å²) >= 11 is 0. The largest absolute Gasteiger partial charge is 0.497 e. The quantitative estimate of drug-likeness (QED) is 0.382. The molecule has 182 valence electrons. The monoisotopic (exact) mass is 473 g/mol. The number of halogens is 2. The average Bonchev–Trinajstić information content (AvgIpc) is 2.89. The van der Waals surface area contributed by atoms with Crippen molar-refractivity contribution in [2.45, 2.75) is 25.7 Å². The molecule has 0 aliphatic heterocycles. The van der Waals surface area contributed by atoms with E-state index in [0.29, 0.717) is 19.0 Å². The van der Waals surface area contributed by atoms with Crippen molar-refractivity contribution in [3.05, 3.63) is 65.2 Å². The Morgan fingerprint density at radius 3 is 1.53 bits per heavy atom. The molecule has 0 bridgehead atoms. The van der Waals surface area contributed by atoms with Crippen LogP contribution in [0.1, 0.15) is 16.7 Å². The predicted molar refractivity (Wildman–Crippen MR) is 126 cm³/mol. The maximum Gasteiger partial charge on any atom is 0.232 e. The molecule has 9 heteroatoms. The Hall–Kier alpha value is -3.62. The minimum Gasteiger partial charge on any atom is -0.497 e. The van der Waals surface area contributed by atoms with Gasteiger partial charge in [0.25, 0.3) is 0 Å². The summed E-state index contributed by atoms with van der Waals surface area (Å²) in [7, 11) is 6.08. The molecule has 3 rings (SSSR count). The molecular weight excluding hydrogens is 444 g/mol. The lowest BCUT2D eigenvalue weighted by Gasteiger charge is -2.25. The summed E-state index contributed by atoms with van der Waals surface area (Å²) in [5, 5.41) is 0. The van der Waals surface area contributed by atoms with Crippen molar-refractivity contribution in [1.29, 1.82) is 0 Å². The summed E-state index contributed by atoms with van der Waals surface area (Å²) in [4.78, 5) is 11.0. The normalized spacial score (nSPS) is 11.6. The fraction of sp³-hybridized carbons (Fsp3) is 0.360. The molecule has 1 atom stereocenters. The number of rotatable bonds is 12. The number of anilines is 1. The van der Waals surface area contributed by atoms with Gasteiger partial charge in [-0.2, -0.15) is 9.97 Å². The highest BCUT2D eigenvalue weighted by Gasteiger charge is 2.23. The van der Waals surface area contributed by atoms with Gasteiger partial charge in [0.1, 0.15) is 24.3 Å². The zero-order valence-electron chi connectivity index (χ0n) is 19.8. The highest BCUT2D eigenvalue weighted by Crippen LogP contribution is 2.31. The minimum atomic E-state index is -1.70. The van der Waals surface area contributed by atoms with Crippen LogP contribution in [0.25, 0.3) is 0 Å². The number of alkyl halides is 2. The lowest BCUT2D eigenvalue weighted by molar-refractivity contribution is 0.253. The van der Waals surface area contributed by atoms with E-state index >= 15 is 0 Å². The number of methoxy groups -OCH3 is 4. The molecule has 1 aromatic heterocycles. The first kappa shape index (κ1) is 25.0. The van der Waals surface area contributed by atoms with Crippen LogP contribution in [0.15, 0.2) is 48.5 Å². The summed E-state index contributed by atoms with van der Waals surface area (Å²) in [5.74, 6) is 2.13. The summed E-state index contributed by atoms with van der Waals surface area (Å²) < 4.78 is 48.0. The average molecular weight is 474 g/mol. The molecule has 0 aliphatic rings. The molecular formula is C25H29F2N3O4. The maximum absolute atomic E-state index is 13.8. The van der Waals surface area contributed by atoms with E-state index in [9.17, 15) is 8.78 Å². The van der Waals surface area contributed by atoms with Crippen LogP contribution >= 0.6 is 0 Å². The van der Waals surface area contributed by atoms with Crippen LogP contribution in [0, 0.1) is 0 Å². The molecule has 0 saturated carbocycles. The second kappa shape index (κ2) is 12.0. The van der Waals surface area contributed by atoms with Crippen LogP contribution in [0.3, 0.4) is 0 Å². The van der Waals surface area contributed by atoms with Gasteiger partial charge >= 0.3 is 0 Å². The Morgan fingerprint density at radius 1 is 0.735 bits per heavy atom. The van der Waals surface area contributed by atoms with Crippen molar-refractivity contribution in [3.8, 4) is 23.3 Å². The molecule has 7 nitrogen and oxygen atoms in total. The molecule has 2 aromatic carbocycles. The van der Waals surface area contributed by atoms with E-state index in [-0.39, 0.29) is 23.7 Å². The van der Waals surface area contributed by atoms with Gasteiger partial charge in [0.15, 0.2) is 0 Å². The fourth-order valence-electron chi connectivity index (χ4n) is 3.46. The molecule has 1 unspecified atom stereocenters. The molecule has 1 heterocycles. The third kappa shape index (κ3) is 6.24. The molecule has 0 radical (unpaired) electrons. The zero-order valence-corrected chi connectivity index (χ0v) is 19.8. The van der Waals surface area contributed by atoms with E-state index in [4.69, 9.17) is 18.9 Å². The number of ether oxygens (including phenoxy) is 4. The van der Waals surface area contributed by atoms with Gasteiger partial charge in [-0.15, -0.1) is 0 Å². The number of benzene rings is 2.